The standard InChI is InChI=1S/C13H15FN2O/c1-8-9(2)16(7-15-8)13-5-4-11(14)6-12(13)10(3)17/h4-7,10,17H,1-3H3/t10-/m1/s1. The minimum absolute atomic E-state index is 0.348. The number of benzene rings is 1. The molecular formula is C13H15FN2O. The van der Waals surface area contributed by atoms with Crippen molar-refractivity contribution in [3.05, 3.63) is 47.3 Å². The number of hydrogen-bond acceptors (Lipinski definition) is 2. The lowest BCUT2D eigenvalue weighted by Gasteiger charge is -2.14. The Labute approximate surface area is 99.5 Å². The molecular weight excluding hydrogens is 219 g/mol. The highest BCUT2D eigenvalue weighted by Gasteiger charge is 2.13. The van der Waals surface area contributed by atoms with Gasteiger partial charge in [0.2, 0.25) is 0 Å². The maximum absolute atomic E-state index is 13.2. The summed E-state index contributed by atoms with van der Waals surface area (Å²) in [5.74, 6) is -0.348. The van der Waals surface area contributed by atoms with Crippen molar-refractivity contribution < 1.29 is 9.50 Å². The molecule has 0 aliphatic rings. The lowest BCUT2D eigenvalue weighted by molar-refractivity contribution is 0.198. The predicted molar refractivity (Wildman–Crippen MR) is 63.6 cm³/mol. The molecule has 0 unspecified atom stereocenters. The summed E-state index contributed by atoms with van der Waals surface area (Å²) in [5.41, 5.74) is 3.23. The molecule has 0 aliphatic carbocycles. The highest BCUT2D eigenvalue weighted by atomic mass is 19.1. The van der Waals surface area contributed by atoms with E-state index in [2.05, 4.69) is 4.98 Å². The van der Waals surface area contributed by atoms with Gasteiger partial charge in [-0.3, -0.25) is 0 Å². The van der Waals surface area contributed by atoms with Crippen LogP contribution in [0, 0.1) is 19.7 Å². The Bertz CT molecular complexity index is 546. The van der Waals surface area contributed by atoms with Crippen LogP contribution in [-0.2, 0) is 0 Å². The van der Waals surface area contributed by atoms with E-state index in [1.165, 1.54) is 12.1 Å². The molecule has 1 atom stereocenters. The fourth-order valence-electron chi connectivity index (χ4n) is 1.82. The van der Waals surface area contributed by atoms with Gasteiger partial charge in [-0.25, -0.2) is 9.37 Å². The van der Waals surface area contributed by atoms with Crippen LogP contribution >= 0.6 is 0 Å². The summed E-state index contributed by atoms with van der Waals surface area (Å²) >= 11 is 0. The van der Waals surface area contributed by atoms with Crippen molar-refractivity contribution in [3.8, 4) is 5.69 Å². The topological polar surface area (TPSA) is 38.0 Å². The molecule has 0 saturated carbocycles. The Kier molecular flexibility index (Phi) is 2.98. The molecule has 1 N–H and O–H groups in total. The molecule has 0 aliphatic heterocycles. The van der Waals surface area contributed by atoms with Crippen LogP contribution in [0.1, 0.15) is 30.0 Å². The highest BCUT2D eigenvalue weighted by Crippen LogP contribution is 2.24. The third kappa shape index (κ3) is 2.08. The van der Waals surface area contributed by atoms with Crippen molar-refractivity contribution in [1.82, 2.24) is 9.55 Å². The van der Waals surface area contributed by atoms with Gasteiger partial charge in [0.05, 0.1) is 23.8 Å². The number of halogens is 1. The van der Waals surface area contributed by atoms with E-state index in [9.17, 15) is 9.50 Å². The lowest BCUT2D eigenvalue weighted by atomic mass is 10.1. The first-order valence-electron chi connectivity index (χ1n) is 5.49. The number of imidazole rings is 1. The zero-order chi connectivity index (χ0) is 12.6. The van der Waals surface area contributed by atoms with Crippen LogP contribution in [0.2, 0.25) is 0 Å². The molecule has 1 aromatic heterocycles. The Hall–Kier alpha value is -1.68. The summed E-state index contributed by atoms with van der Waals surface area (Å²) in [7, 11) is 0. The summed E-state index contributed by atoms with van der Waals surface area (Å²) in [4.78, 5) is 4.20. The van der Waals surface area contributed by atoms with Crippen LogP contribution in [0.4, 0.5) is 4.39 Å². The summed E-state index contributed by atoms with van der Waals surface area (Å²) < 4.78 is 15.1. The maximum atomic E-state index is 13.2. The van der Waals surface area contributed by atoms with Gasteiger partial charge in [0, 0.05) is 11.3 Å². The van der Waals surface area contributed by atoms with Crippen molar-refractivity contribution in [2.75, 3.05) is 0 Å². The second-order valence-electron chi connectivity index (χ2n) is 4.16. The molecule has 0 bridgehead atoms. The zero-order valence-electron chi connectivity index (χ0n) is 10.1. The van der Waals surface area contributed by atoms with Crippen molar-refractivity contribution in [1.29, 1.82) is 0 Å². The number of aromatic nitrogens is 2. The first-order chi connectivity index (χ1) is 8.00. The number of rotatable bonds is 2. The van der Waals surface area contributed by atoms with Gasteiger partial charge < -0.3 is 9.67 Å². The average molecular weight is 234 g/mol. The molecule has 17 heavy (non-hydrogen) atoms. The molecule has 2 aromatic rings. The van der Waals surface area contributed by atoms with Gasteiger partial charge in [0.1, 0.15) is 5.82 Å². The van der Waals surface area contributed by atoms with E-state index in [1.807, 2.05) is 18.4 Å². The van der Waals surface area contributed by atoms with Gasteiger partial charge >= 0.3 is 0 Å². The number of hydrogen-bond donors (Lipinski definition) is 1. The second-order valence-corrected chi connectivity index (χ2v) is 4.16. The maximum Gasteiger partial charge on any atom is 0.123 e. The third-order valence-electron chi connectivity index (χ3n) is 2.95. The monoisotopic (exact) mass is 234 g/mol. The third-order valence-corrected chi connectivity index (χ3v) is 2.95. The Morgan fingerprint density at radius 2 is 2.06 bits per heavy atom. The Morgan fingerprint density at radius 1 is 1.35 bits per heavy atom. The molecule has 90 valence electrons. The first-order valence-corrected chi connectivity index (χ1v) is 5.49. The fraction of sp³-hybridized carbons (Fsp3) is 0.308. The van der Waals surface area contributed by atoms with E-state index in [4.69, 9.17) is 0 Å². The molecule has 2 rings (SSSR count). The van der Waals surface area contributed by atoms with Crippen LogP contribution < -0.4 is 0 Å². The largest absolute Gasteiger partial charge is 0.389 e. The molecule has 1 heterocycles. The number of aliphatic hydroxyl groups excluding tert-OH is 1. The Balaban J connectivity index is 2.63. The minimum atomic E-state index is -0.720. The predicted octanol–water partition coefficient (Wildman–Crippen LogP) is 2.68. The molecule has 0 spiro atoms. The molecule has 0 saturated heterocycles. The van der Waals surface area contributed by atoms with Crippen LogP contribution in [-0.4, -0.2) is 14.7 Å². The number of aliphatic hydroxyl groups is 1. The summed E-state index contributed by atoms with van der Waals surface area (Å²) in [6, 6.07) is 4.40. The van der Waals surface area contributed by atoms with E-state index in [0.717, 1.165) is 17.1 Å². The molecule has 4 heteroatoms. The van der Waals surface area contributed by atoms with Crippen LogP contribution in [0.25, 0.3) is 5.69 Å². The number of aryl methyl sites for hydroxylation is 1. The molecule has 0 amide bonds. The van der Waals surface area contributed by atoms with Crippen LogP contribution in [0.15, 0.2) is 24.5 Å². The van der Waals surface area contributed by atoms with Gasteiger partial charge in [-0.1, -0.05) is 0 Å². The molecule has 0 fully saturated rings. The first kappa shape index (κ1) is 11.8. The second kappa shape index (κ2) is 4.30. The molecule has 0 radical (unpaired) electrons. The molecule has 1 aromatic carbocycles. The van der Waals surface area contributed by atoms with Gasteiger partial charge in [-0.15, -0.1) is 0 Å². The fourth-order valence-corrected chi connectivity index (χ4v) is 1.82. The van der Waals surface area contributed by atoms with Gasteiger partial charge in [0.25, 0.3) is 0 Å². The minimum Gasteiger partial charge on any atom is -0.389 e. The van der Waals surface area contributed by atoms with Gasteiger partial charge in [-0.2, -0.15) is 0 Å². The zero-order valence-corrected chi connectivity index (χ0v) is 10.1. The quantitative estimate of drug-likeness (QED) is 0.867. The summed E-state index contributed by atoms with van der Waals surface area (Å²) in [5, 5.41) is 9.69. The van der Waals surface area contributed by atoms with E-state index in [0.29, 0.717) is 5.56 Å². The van der Waals surface area contributed by atoms with Gasteiger partial charge in [0.15, 0.2) is 0 Å². The lowest BCUT2D eigenvalue weighted by Crippen LogP contribution is -2.04. The van der Waals surface area contributed by atoms with Crippen LogP contribution in [0.3, 0.4) is 0 Å². The molecule has 3 nitrogen and oxygen atoms in total. The van der Waals surface area contributed by atoms with Crippen molar-refractivity contribution >= 4 is 0 Å². The SMILES string of the molecule is Cc1ncn(-c2ccc(F)cc2[C@@H](C)O)c1C. The van der Waals surface area contributed by atoms with E-state index in [1.54, 1.807) is 19.3 Å². The van der Waals surface area contributed by atoms with E-state index >= 15 is 0 Å². The smallest absolute Gasteiger partial charge is 0.123 e. The van der Waals surface area contributed by atoms with E-state index < -0.39 is 6.10 Å². The summed E-state index contributed by atoms with van der Waals surface area (Å²) in [6.45, 7) is 5.48. The normalized spacial score (nSPS) is 12.8. The van der Waals surface area contributed by atoms with Crippen molar-refractivity contribution in [2.24, 2.45) is 0 Å². The van der Waals surface area contributed by atoms with Crippen molar-refractivity contribution in [3.63, 3.8) is 0 Å². The highest BCUT2D eigenvalue weighted by molar-refractivity contribution is 5.44. The van der Waals surface area contributed by atoms with Crippen molar-refractivity contribution in [2.45, 2.75) is 26.9 Å². The van der Waals surface area contributed by atoms with Crippen LogP contribution in [0.5, 0.6) is 0 Å². The Morgan fingerprint density at radius 3 is 2.59 bits per heavy atom. The summed E-state index contributed by atoms with van der Waals surface area (Å²) in [6.07, 6.45) is 0.965. The average Bonchev–Trinajstić information content (AvgIpc) is 2.60. The van der Waals surface area contributed by atoms with E-state index in [-0.39, 0.29) is 5.82 Å². The number of nitrogens with zero attached hydrogens (tertiary/aromatic N) is 2. The van der Waals surface area contributed by atoms with Gasteiger partial charge in [-0.05, 0) is 39.0 Å².